The van der Waals surface area contributed by atoms with Crippen molar-refractivity contribution in [3.63, 3.8) is 0 Å². The summed E-state index contributed by atoms with van der Waals surface area (Å²) in [6.07, 6.45) is 3.38. The number of esters is 1. The lowest BCUT2D eigenvalue weighted by Gasteiger charge is -2.35. The second kappa shape index (κ2) is 15.2. The van der Waals surface area contributed by atoms with E-state index in [1.807, 2.05) is 57.5 Å². The van der Waals surface area contributed by atoms with Crippen LogP contribution in [0.3, 0.4) is 0 Å². The number of nitrogens with one attached hydrogen (secondary N) is 2. The van der Waals surface area contributed by atoms with Gasteiger partial charge in [-0.15, -0.1) is 11.3 Å². The number of unbranched alkanes of at least 4 members (excludes halogenated alkanes) is 3. The summed E-state index contributed by atoms with van der Waals surface area (Å²) >= 11 is 1.58. The fraction of sp³-hybridized carbons (Fsp3) is 0.581. The average Bonchev–Trinajstić information content (AvgIpc) is 3.55. The molecule has 4 N–H and O–H groups in total. The van der Waals surface area contributed by atoms with Gasteiger partial charge in [-0.25, -0.2) is 4.98 Å². The third-order valence-electron chi connectivity index (χ3n) is 7.39. The number of nitrogens with two attached hydrogens (primary N) is 1. The zero-order valence-electron chi connectivity index (χ0n) is 25.4. The van der Waals surface area contributed by atoms with Gasteiger partial charge in [0.15, 0.2) is 0 Å². The van der Waals surface area contributed by atoms with Crippen molar-refractivity contribution < 1.29 is 23.9 Å². The summed E-state index contributed by atoms with van der Waals surface area (Å²) in [6.45, 7) is 9.91. The van der Waals surface area contributed by atoms with Gasteiger partial charge in [0.1, 0.15) is 18.2 Å². The van der Waals surface area contributed by atoms with E-state index in [0.29, 0.717) is 19.4 Å². The van der Waals surface area contributed by atoms with Crippen molar-refractivity contribution >= 4 is 35.0 Å². The molecule has 1 aromatic heterocycles. The highest BCUT2D eigenvalue weighted by atomic mass is 32.1. The molecule has 0 unspecified atom stereocenters. The Bertz CT molecular complexity index is 1220. The number of rotatable bonds is 13. The average molecular weight is 600 g/mol. The molecule has 1 aliphatic heterocycles. The van der Waals surface area contributed by atoms with E-state index in [9.17, 15) is 19.2 Å². The Hall–Kier alpha value is -3.31. The molecule has 0 radical (unpaired) electrons. The molecule has 3 atom stereocenters. The normalized spacial score (nSPS) is 17.5. The Kier molecular flexibility index (Phi) is 12.0. The maximum absolute atomic E-state index is 13.9. The summed E-state index contributed by atoms with van der Waals surface area (Å²) in [6, 6.07) is 6.23. The van der Waals surface area contributed by atoms with Crippen molar-refractivity contribution in [1.82, 2.24) is 20.5 Å². The largest absolute Gasteiger partial charge is 0.461 e. The molecule has 3 rings (SSSR count). The molecule has 11 heteroatoms. The number of thiazole rings is 1. The first kappa shape index (κ1) is 33.2. The Morgan fingerprint density at radius 1 is 1.12 bits per heavy atom. The number of aromatic nitrogens is 1. The second-order valence-electron chi connectivity index (χ2n) is 12.0. The molecule has 1 aliphatic rings. The van der Waals surface area contributed by atoms with Gasteiger partial charge in [-0.05, 0) is 42.9 Å². The standard InChI is InChI=1S/C31H45N5O5S/c1-20-27(42-19-34-20)23-13-11-22(12-14-23)17-33-29(39)25-16-24(41-21(2)37)18-36(25)30(40)28(31(3,4)5)35-26(38)10-8-6-7-9-15-32/h11-14,19,24-25,28H,6-10,15-18,32H2,1-5H3,(H,33,39)(H,35,38)/t24-,25-,28+/m0/s1. The van der Waals surface area contributed by atoms with Crippen LogP contribution in [0.25, 0.3) is 10.4 Å². The van der Waals surface area contributed by atoms with E-state index in [1.54, 1.807) is 11.3 Å². The lowest BCUT2D eigenvalue weighted by Crippen LogP contribution is -2.57. The van der Waals surface area contributed by atoms with Crippen LogP contribution in [-0.4, -0.2) is 64.9 Å². The van der Waals surface area contributed by atoms with Crippen molar-refractivity contribution in [2.75, 3.05) is 13.1 Å². The molecule has 230 valence electrons. The Morgan fingerprint density at radius 2 is 1.81 bits per heavy atom. The zero-order valence-corrected chi connectivity index (χ0v) is 26.2. The molecule has 1 fully saturated rings. The summed E-state index contributed by atoms with van der Waals surface area (Å²) in [5, 5.41) is 5.87. The smallest absolute Gasteiger partial charge is 0.302 e. The molecule has 0 spiro atoms. The Balaban J connectivity index is 1.69. The van der Waals surface area contributed by atoms with Crippen LogP contribution >= 0.6 is 11.3 Å². The highest BCUT2D eigenvalue weighted by molar-refractivity contribution is 7.13. The molecule has 1 aromatic carbocycles. The third kappa shape index (κ3) is 9.35. The van der Waals surface area contributed by atoms with E-state index < -0.39 is 29.6 Å². The van der Waals surface area contributed by atoms with E-state index >= 15 is 0 Å². The minimum atomic E-state index is -0.844. The van der Waals surface area contributed by atoms with Gasteiger partial charge < -0.3 is 26.0 Å². The van der Waals surface area contributed by atoms with Crippen molar-refractivity contribution in [2.24, 2.45) is 11.1 Å². The van der Waals surface area contributed by atoms with Gasteiger partial charge in [-0.2, -0.15) is 0 Å². The minimum Gasteiger partial charge on any atom is -0.461 e. The van der Waals surface area contributed by atoms with Crippen LogP contribution < -0.4 is 16.4 Å². The van der Waals surface area contributed by atoms with Crippen molar-refractivity contribution in [2.45, 2.75) is 97.9 Å². The summed E-state index contributed by atoms with van der Waals surface area (Å²) in [5.74, 6) is -1.37. The molecule has 0 saturated carbocycles. The number of hydrogen-bond donors (Lipinski definition) is 3. The summed E-state index contributed by atoms with van der Waals surface area (Å²) < 4.78 is 5.41. The lowest BCUT2D eigenvalue weighted by molar-refractivity contribution is -0.147. The van der Waals surface area contributed by atoms with E-state index in [1.165, 1.54) is 11.8 Å². The van der Waals surface area contributed by atoms with Crippen LogP contribution in [0, 0.1) is 12.3 Å². The summed E-state index contributed by atoms with van der Waals surface area (Å²) in [7, 11) is 0. The molecule has 1 saturated heterocycles. The van der Waals surface area contributed by atoms with Gasteiger partial charge in [-0.1, -0.05) is 57.9 Å². The highest BCUT2D eigenvalue weighted by Gasteiger charge is 2.45. The monoisotopic (exact) mass is 599 g/mol. The number of carbonyl (C=O) groups is 4. The number of ether oxygens (including phenoxy) is 1. The number of nitrogens with zero attached hydrogens (tertiary/aromatic N) is 2. The van der Waals surface area contributed by atoms with Crippen LogP contribution in [0.1, 0.15) is 77.5 Å². The van der Waals surface area contributed by atoms with E-state index in [-0.39, 0.29) is 37.2 Å². The molecule has 0 bridgehead atoms. The fourth-order valence-electron chi connectivity index (χ4n) is 5.10. The van der Waals surface area contributed by atoms with E-state index in [0.717, 1.165) is 41.0 Å². The van der Waals surface area contributed by atoms with Crippen LogP contribution in [0.4, 0.5) is 0 Å². The number of aryl methyl sites for hydroxylation is 1. The number of benzene rings is 1. The van der Waals surface area contributed by atoms with Gasteiger partial charge in [0.2, 0.25) is 17.7 Å². The predicted molar refractivity (Wildman–Crippen MR) is 163 cm³/mol. The Labute approximate surface area is 252 Å². The number of hydrogen-bond acceptors (Lipinski definition) is 8. The summed E-state index contributed by atoms with van der Waals surface area (Å²) in [5.41, 5.74) is 9.70. The molecule has 3 amide bonds. The molecule has 42 heavy (non-hydrogen) atoms. The van der Waals surface area contributed by atoms with Crippen molar-refractivity contribution in [1.29, 1.82) is 0 Å². The van der Waals surface area contributed by atoms with Crippen molar-refractivity contribution in [3.05, 3.63) is 41.0 Å². The highest BCUT2D eigenvalue weighted by Crippen LogP contribution is 2.29. The maximum Gasteiger partial charge on any atom is 0.302 e. The van der Waals surface area contributed by atoms with E-state index in [4.69, 9.17) is 10.5 Å². The topological polar surface area (TPSA) is 144 Å². The van der Waals surface area contributed by atoms with Crippen LogP contribution in [0.5, 0.6) is 0 Å². The number of amides is 3. The molecular weight excluding hydrogens is 554 g/mol. The van der Waals surface area contributed by atoms with Crippen LogP contribution in [0.2, 0.25) is 0 Å². The van der Waals surface area contributed by atoms with Gasteiger partial charge in [0.05, 0.1) is 22.6 Å². The minimum absolute atomic E-state index is 0.0843. The first-order valence-corrected chi connectivity index (χ1v) is 15.5. The van der Waals surface area contributed by atoms with Gasteiger partial charge in [-0.3, -0.25) is 19.2 Å². The predicted octanol–water partition coefficient (Wildman–Crippen LogP) is 3.71. The molecule has 10 nitrogen and oxygen atoms in total. The Morgan fingerprint density at radius 3 is 2.40 bits per heavy atom. The quantitative estimate of drug-likeness (QED) is 0.235. The van der Waals surface area contributed by atoms with Crippen LogP contribution in [-0.2, 0) is 30.5 Å². The first-order chi connectivity index (χ1) is 19.9. The van der Waals surface area contributed by atoms with Gasteiger partial charge >= 0.3 is 5.97 Å². The van der Waals surface area contributed by atoms with Crippen LogP contribution in [0.15, 0.2) is 29.8 Å². The van der Waals surface area contributed by atoms with Gasteiger partial charge in [0.25, 0.3) is 0 Å². The summed E-state index contributed by atoms with van der Waals surface area (Å²) in [4.78, 5) is 58.7. The molecule has 0 aliphatic carbocycles. The maximum atomic E-state index is 13.9. The second-order valence-corrected chi connectivity index (χ2v) is 12.8. The first-order valence-electron chi connectivity index (χ1n) is 14.6. The van der Waals surface area contributed by atoms with E-state index in [2.05, 4.69) is 15.6 Å². The zero-order chi connectivity index (χ0) is 30.9. The molecular formula is C31H45N5O5S. The number of likely N-dealkylation sites (tertiary alicyclic amines) is 1. The SMILES string of the molecule is CC(=O)O[C@H]1C[C@@H](C(=O)NCc2ccc(-c3scnc3C)cc2)N(C(=O)[C@@H](NC(=O)CCCCCCN)C(C)(C)C)C1. The number of carbonyl (C=O) groups excluding carboxylic acids is 4. The lowest BCUT2D eigenvalue weighted by atomic mass is 9.85. The van der Waals surface area contributed by atoms with Gasteiger partial charge in [0, 0.05) is 26.3 Å². The third-order valence-corrected chi connectivity index (χ3v) is 8.36. The van der Waals surface area contributed by atoms with Crippen molar-refractivity contribution in [3.8, 4) is 10.4 Å². The molecule has 2 aromatic rings. The molecule has 2 heterocycles. The fourth-order valence-corrected chi connectivity index (χ4v) is 5.91.